The van der Waals surface area contributed by atoms with Crippen LogP contribution in [0.2, 0.25) is 0 Å². The first-order valence-electron chi connectivity index (χ1n) is 9.87. The smallest absolute Gasteiger partial charge is 0.255 e. The number of methoxy groups -OCH3 is 4. The molecule has 2 rings (SSSR count). The van der Waals surface area contributed by atoms with Gasteiger partial charge in [0.2, 0.25) is 5.91 Å². The van der Waals surface area contributed by atoms with Crippen LogP contribution < -0.4 is 29.6 Å². The first kappa shape index (κ1) is 23.9. The average molecular weight is 431 g/mol. The Labute approximate surface area is 182 Å². The average Bonchev–Trinajstić information content (AvgIpc) is 2.79. The van der Waals surface area contributed by atoms with Crippen molar-refractivity contribution in [2.75, 3.05) is 28.4 Å². The number of rotatable bonds is 10. The van der Waals surface area contributed by atoms with E-state index >= 15 is 0 Å². The molecule has 0 bridgehead atoms. The van der Waals surface area contributed by atoms with Crippen molar-refractivity contribution in [3.63, 3.8) is 0 Å². The van der Waals surface area contributed by atoms with Crippen LogP contribution in [0.15, 0.2) is 36.4 Å². The van der Waals surface area contributed by atoms with E-state index in [-0.39, 0.29) is 23.9 Å². The quantitative estimate of drug-likeness (QED) is 0.602. The van der Waals surface area contributed by atoms with Gasteiger partial charge in [-0.05, 0) is 24.1 Å². The van der Waals surface area contributed by atoms with Gasteiger partial charge in [-0.3, -0.25) is 9.59 Å². The summed E-state index contributed by atoms with van der Waals surface area (Å²) in [4.78, 5) is 25.8. The van der Waals surface area contributed by atoms with Gasteiger partial charge in [0.15, 0.2) is 23.0 Å². The van der Waals surface area contributed by atoms with Crippen molar-refractivity contribution < 1.29 is 28.5 Å². The molecular weight excluding hydrogens is 400 g/mol. The lowest BCUT2D eigenvalue weighted by Gasteiger charge is -2.23. The van der Waals surface area contributed by atoms with E-state index in [0.717, 1.165) is 5.56 Å². The van der Waals surface area contributed by atoms with Gasteiger partial charge in [0.1, 0.15) is 6.04 Å². The zero-order valence-corrected chi connectivity index (χ0v) is 18.8. The largest absolute Gasteiger partial charge is 0.493 e. The molecule has 1 atom stereocenters. The summed E-state index contributed by atoms with van der Waals surface area (Å²) in [5.41, 5.74) is 1.05. The summed E-state index contributed by atoms with van der Waals surface area (Å²) in [6, 6.07) is 9.70. The third-order valence-electron chi connectivity index (χ3n) is 4.82. The maximum Gasteiger partial charge on any atom is 0.255 e. The topological polar surface area (TPSA) is 95.1 Å². The molecule has 31 heavy (non-hydrogen) atoms. The molecule has 0 fully saturated rings. The fourth-order valence-electron chi connectivity index (χ4n) is 3.21. The second-order valence-electron chi connectivity index (χ2n) is 7.11. The van der Waals surface area contributed by atoms with Crippen molar-refractivity contribution in [3.05, 3.63) is 47.5 Å². The number of hydrogen-bond donors (Lipinski definition) is 2. The number of amides is 2. The summed E-state index contributed by atoms with van der Waals surface area (Å²) >= 11 is 0. The van der Waals surface area contributed by atoms with Crippen LogP contribution in [0.3, 0.4) is 0 Å². The van der Waals surface area contributed by atoms with Crippen molar-refractivity contribution in [1.29, 1.82) is 0 Å². The summed E-state index contributed by atoms with van der Waals surface area (Å²) in [6.07, 6.45) is 0. The maximum atomic E-state index is 12.9. The predicted octanol–water partition coefficient (Wildman–Crippen LogP) is 2.79. The Kier molecular flexibility index (Phi) is 8.54. The molecule has 0 aliphatic rings. The molecule has 0 heterocycles. The molecule has 2 N–H and O–H groups in total. The minimum absolute atomic E-state index is 0.146. The highest BCUT2D eigenvalue weighted by molar-refractivity contribution is 6.00. The van der Waals surface area contributed by atoms with E-state index in [1.54, 1.807) is 38.5 Å². The van der Waals surface area contributed by atoms with Gasteiger partial charge in [-0.15, -0.1) is 0 Å². The maximum absolute atomic E-state index is 12.9. The Morgan fingerprint density at radius 1 is 0.839 bits per heavy atom. The van der Waals surface area contributed by atoms with Crippen LogP contribution >= 0.6 is 0 Å². The van der Waals surface area contributed by atoms with E-state index in [9.17, 15) is 9.59 Å². The first-order chi connectivity index (χ1) is 14.9. The van der Waals surface area contributed by atoms with Gasteiger partial charge < -0.3 is 29.6 Å². The predicted molar refractivity (Wildman–Crippen MR) is 117 cm³/mol. The summed E-state index contributed by atoms with van der Waals surface area (Å²) in [5.74, 6) is 0.994. The van der Waals surface area contributed by atoms with Crippen molar-refractivity contribution in [3.8, 4) is 23.0 Å². The zero-order chi connectivity index (χ0) is 23.0. The van der Waals surface area contributed by atoms with Crippen molar-refractivity contribution in [1.82, 2.24) is 10.6 Å². The molecule has 0 radical (unpaired) electrons. The normalized spacial score (nSPS) is 11.5. The summed E-state index contributed by atoms with van der Waals surface area (Å²) in [6.45, 7) is 3.94. The fraction of sp³-hybridized carbons (Fsp3) is 0.391. The molecular formula is C23H30N2O6. The SMILES string of the molecule is COc1cccc(CNC(=O)[C@@H](NC(=O)c2cccc(OC)c2OC)C(C)C)c1OC. The highest BCUT2D eigenvalue weighted by Gasteiger charge is 2.27. The highest BCUT2D eigenvalue weighted by atomic mass is 16.5. The summed E-state index contributed by atoms with van der Waals surface area (Å²) in [7, 11) is 6.05. The number of carbonyl (C=O) groups is 2. The minimum atomic E-state index is -0.750. The Bertz CT molecular complexity index is 913. The molecule has 0 unspecified atom stereocenters. The van der Waals surface area contributed by atoms with Crippen molar-refractivity contribution in [2.45, 2.75) is 26.4 Å². The van der Waals surface area contributed by atoms with Crippen LogP contribution in [0.4, 0.5) is 0 Å². The lowest BCUT2D eigenvalue weighted by atomic mass is 10.0. The second-order valence-corrected chi connectivity index (χ2v) is 7.11. The molecule has 0 aliphatic carbocycles. The van der Waals surface area contributed by atoms with E-state index in [1.165, 1.54) is 14.2 Å². The van der Waals surface area contributed by atoms with Gasteiger partial charge in [-0.2, -0.15) is 0 Å². The van der Waals surface area contributed by atoms with E-state index in [1.807, 2.05) is 26.0 Å². The van der Waals surface area contributed by atoms with Crippen molar-refractivity contribution >= 4 is 11.8 Å². The number of ether oxygens (including phenoxy) is 4. The fourth-order valence-corrected chi connectivity index (χ4v) is 3.21. The third kappa shape index (κ3) is 5.59. The third-order valence-corrected chi connectivity index (χ3v) is 4.82. The summed E-state index contributed by atoms with van der Waals surface area (Å²) in [5, 5.41) is 5.67. The first-order valence-corrected chi connectivity index (χ1v) is 9.87. The van der Waals surface area contributed by atoms with Crippen molar-refractivity contribution in [2.24, 2.45) is 5.92 Å². The number of hydrogen-bond acceptors (Lipinski definition) is 6. The molecule has 0 aliphatic heterocycles. The lowest BCUT2D eigenvalue weighted by molar-refractivity contribution is -0.124. The monoisotopic (exact) mass is 430 g/mol. The number of benzene rings is 2. The van der Waals surface area contributed by atoms with Gasteiger partial charge in [0.05, 0.1) is 34.0 Å². The lowest BCUT2D eigenvalue weighted by Crippen LogP contribution is -2.49. The molecule has 0 saturated heterocycles. The van der Waals surface area contributed by atoms with E-state index < -0.39 is 11.9 Å². The van der Waals surface area contributed by atoms with Crippen LogP contribution in [0.5, 0.6) is 23.0 Å². The Balaban J connectivity index is 2.16. The van der Waals surface area contributed by atoms with Gasteiger partial charge in [0.25, 0.3) is 5.91 Å². The van der Waals surface area contributed by atoms with Gasteiger partial charge in [0, 0.05) is 12.1 Å². The standard InChI is InChI=1S/C23H30N2O6/c1-14(2)19(25-22(26)16-10-8-12-18(29-4)21(16)31-6)23(27)24-13-15-9-7-11-17(28-3)20(15)30-5/h7-12,14,19H,13H2,1-6H3,(H,24,27)(H,25,26)/t19-/m0/s1. The minimum Gasteiger partial charge on any atom is -0.493 e. The molecule has 8 heteroatoms. The molecule has 2 aromatic carbocycles. The van der Waals surface area contributed by atoms with E-state index in [0.29, 0.717) is 23.0 Å². The van der Waals surface area contributed by atoms with Gasteiger partial charge >= 0.3 is 0 Å². The second kappa shape index (κ2) is 11.1. The molecule has 2 amide bonds. The summed E-state index contributed by atoms with van der Waals surface area (Å²) < 4.78 is 21.3. The molecule has 8 nitrogen and oxygen atoms in total. The van der Waals surface area contributed by atoms with Gasteiger partial charge in [-0.25, -0.2) is 0 Å². The Morgan fingerprint density at radius 3 is 1.97 bits per heavy atom. The van der Waals surface area contributed by atoms with Crippen LogP contribution in [0.1, 0.15) is 29.8 Å². The number of para-hydroxylation sites is 2. The van der Waals surface area contributed by atoms with Crippen LogP contribution in [-0.2, 0) is 11.3 Å². The Morgan fingerprint density at radius 2 is 1.42 bits per heavy atom. The Hall–Kier alpha value is -3.42. The number of nitrogens with one attached hydrogen (secondary N) is 2. The molecule has 0 spiro atoms. The highest BCUT2D eigenvalue weighted by Crippen LogP contribution is 2.31. The number of carbonyl (C=O) groups excluding carboxylic acids is 2. The van der Waals surface area contributed by atoms with Crippen LogP contribution in [-0.4, -0.2) is 46.3 Å². The molecule has 0 aromatic heterocycles. The van der Waals surface area contributed by atoms with Crippen LogP contribution in [0, 0.1) is 5.92 Å². The molecule has 2 aromatic rings. The van der Waals surface area contributed by atoms with Crippen LogP contribution in [0.25, 0.3) is 0 Å². The van der Waals surface area contributed by atoms with E-state index in [4.69, 9.17) is 18.9 Å². The van der Waals surface area contributed by atoms with Gasteiger partial charge in [-0.1, -0.05) is 32.0 Å². The molecule has 168 valence electrons. The van der Waals surface area contributed by atoms with E-state index in [2.05, 4.69) is 10.6 Å². The molecule has 0 saturated carbocycles. The zero-order valence-electron chi connectivity index (χ0n) is 18.8.